The molecule has 0 aromatic carbocycles. The van der Waals surface area contributed by atoms with Gasteiger partial charge in [0.2, 0.25) is 0 Å². The maximum absolute atomic E-state index is 4.14. The standard InChI is InChI=1S/C18H24/c1-5-15-9-16(6-2)12-17(7-3,10-15)14-18(8-4,11-15)13-16/h5-8H,1-4,9-14H2. The van der Waals surface area contributed by atoms with E-state index < -0.39 is 0 Å². The summed E-state index contributed by atoms with van der Waals surface area (Å²) in [6, 6.07) is 0. The Morgan fingerprint density at radius 2 is 0.611 bits per heavy atom. The van der Waals surface area contributed by atoms with E-state index in [1.54, 1.807) is 0 Å². The minimum absolute atomic E-state index is 0.283. The Hall–Kier alpha value is -1.04. The second-order valence-corrected chi connectivity index (χ2v) is 7.33. The SMILES string of the molecule is C=CC12CC3(C=C)CC(C=C)(C1)CC(C=C)(C2)C3. The number of rotatable bonds is 4. The van der Waals surface area contributed by atoms with Gasteiger partial charge >= 0.3 is 0 Å². The molecule has 0 heterocycles. The summed E-state index contributed by atoms with van der Waals surface area (Å²) in [5.41, 5.74) is 1.13. The zero-order chi connectivity index (χ0) is 13.1. The molecule has 0 spiro atoms. The second-order valence-electron chi connectivity index (χ2n) is 7.33. The van der Waals surface area contributed by atoms with Crippen molar-refractivity contribution in [2.24, 2.45) is 21.7 Å². The van der Waals surface area contributed by atoms with E-state index in [-0.39, 0.29) is 21.7 Å². The highest BCUT2D eigenvalue weighted by atomic mass is 14.7. The molecule has 0 radical (unpaired) electrons. The van der Waals surface area contributed by atoms with Gasteiger partial charge in [-0.3, -0.25) is 0 Å². The molecule has 0 amide bonds. The molecule has 0 atom stereocenters. The Labute approximate surface area is 111 Å². The number of allylic oxidation sites excluding steroid dienone is 4. The summed E-state index contributed by atoms with van der Waals surface area (Å²) in [6.07, 6.45) is 16.3. The Morgan fingerprint density at radius 3 is 0.722 bits per heavy atom. The van der Waals surface area contributed by atoms with Gasteiger partial charge in [-0.05, 0) is 60.2 Å². The summed E-state index contributed by atoms with van der Waals surface area (Å²) < 4.78 is 0. The normalized spacial score (nSPS) is 52.9. The van der Waals surface area contributed by atoms with E-state index in [0.29, 0.717) is 0 Å². The van der Waals surface area contributed by atoms with E-state index in [4.69, 9.17) is 0 Å². The fraction of sp³-hybridized carbons (Fsp3) is 0.556. The van der Waals surface area contributed by atoms with Crippen LogP contribution in [-0.2, 0) is 0 Å². The van der Waals surface area contributed by atoms with Crippen LogP contribution in [-0.4, -0.2) is 0 Å². The molecule has 0 aromatic rings. The molecular formula is C18H24. The molecule has 0 heteroatoms. The van der Waals surface area contributed by atoms with Crippen molar-refractivity contribution in [3.63, 3.8) is 0 Å². The van der Waals surface area contributed by atoms with Crippen LogP contribution < -0.4 is 0 Å². The van der Waals surface area contributed by atoms with Crippen molar-refractivity contribution in [3.8, 4) is 0 Å². The van der Waals surface area contributed by atoms with Crippen LogP contribution in [0.2, 0.25) is 0 Å². The highest BCUT2D eigenvalue weighted by Crippen LogP contribution is 2.75. The lowest BCUT2D eigenvalue weighted by atomic mass is 9.35. The van der Waals surface area contributed by atoms with Crippen LogP contribution in [0.5, 0.6) is 0 Å². The Kier molecular flexibility index (Phi) is 2.20. The smallest absolute Gasteiger partial charge is 0.00961 e. The van der Waals surface area contributed by atoms with E-state index >= 15 is 0 Å². The summed E-state index contributed by atoms with van der Waals surface area (Å²) >= 11 is 0. The summed E-state index contributed by atoms with van der Waals surface area (Å²) in [5, 5.41) is 0. The van der Waals surface area contributed by atoms with E-state index in [1.807, 2.05) is 0 Å². The van der Waals surface area contributed by atoms with Gasteiger partial charge < -0.3 is 0 Å². The molecule has 0 unspecified atom stereocenters. The van der Waals surface area contributed by atoms with Crippen molar-refractivity contribution in [3.05, 3.63) is 50.6 Å². The number of hydrogen-bond acceptors (Lipinski definition) is 0. The van der Waals surface area contributed by atoms with E-state index in [0.717, 1.165) is 0 Å². The minimum atomic E-state index is 0.283. The minimum Gasteiger partial charge on any atom is -0.103 e. The van der Waals surface area contributed by atoms with Gasteiger partial charge in [0.05, 0.1) is 0 Å². The Bertz CT molecular complexity index is 319. The fourth-order valence-electron chi connectivity index (χ4n) is 5.82. The first-order valence-electron chi connectivity index (χ1n) is 7.03. The maximum atomic E-state index is 4.14. The average molecular weight is 240 g/mol. The van der Waals surface area contributed by atoms with Gasteiger partial charge in [-0.1, -0.05) is 24.3 Å². The van der Waals surface area contributed by atoms with Crippen molar-refractivity contribution in [1.82, 2.24) is 0 Å². The predicted molar refractivity (Wildman–Crippen MR) is 78.2 cm³/mol. The zero-order valence-electron chi connectivity index (χ0n) is 11.4. The lowest BCUT2D eigenvalue weighted by Crippen LogP contribution is -2.59. The third-order valence-electron chi connectivity index (χ3n) is 5.96. The maximum Gasteiger partial charge on any atom is -0.00961 e. The summed E-state index contributed by atoms with van der Waals surface area (Å²) in [7, 11) is 0. The molecule has 4 rings (SSSR count). The molecule has 4 aliphatic rings. The summed E-state index contributed by atoms with van der Waals surface area (Å²) in [6.45, 7) is 16.6. The van der Waals surface area contributed by atoms with Gasteiger partial charge in [0.1, 0.15) is 0 Å². The molecule has 0 N–H and O–H groups in total. The van der Waals surface area contributed by atoms with Crippen LogP contribution in [0.25, 0.3) is 0 Å². The highest BCUT2D eigenvalue weighted by Gasteiger charge is 2.64. The largest absolute Gasteiger partial charge is 0.103 e. The van der Waals surface area contributed by atoms with Crippen LogP contribution >= 0.6 is 0 Å². The fourth-order valence-corrected chi connectivity index (χ4v) is 5.82. The van der Waals surface area contributed by atoms with Gasteiger partial charge in [0.15, 0.2) is 0 Å². The molecule has 18 heavy (non-hydrogen) atoms. The van der Waals surface area contributed by atoms with Gasteiger partial charge in [-0.2, -0.15) is 0 Å². The monoisotopic (exact) mass is 240 g/mol. The Balaban J connectivity index is 2.17. The quantitative estimate of drug-likeness (QED) is 0.603. The molecule has 0 saturated heterocycles. The zero-order valence-corrected chi connectivity index (χ0v) is 11.4. The van der Waals surface area contributed by atoms with E-state index in [2.05, 4.69) is 50.6 Å². The molecule has 0 aliphatic heterocycles. The van der Waals surface area contributed by atoms with Crippen LogP contribution in [0, 0.1) is 21.7 Å². The topological polar surface area (TPSA) is 0 Å². The second kappa shape index (κ2) is 3.29. The van der Waals surface area contributed by atoms with Gasteiger partial charge in [-0.15, -0.1) is 26.3 Å². The summed E-state index contributed by atoms with van der Waals surface area (Å²) in [4.78, 5) is 0. The van der Waals surface area contributed by atoms with Gasteiger partial charge in [0.25, 0.3) is 0 Å². The molecule has 96 valence electrons. The average Bonchev–Trinajstić information content (AvgIpc) is 2.37. The lowest BCUT2D eigenvalue weighted by Gasteiger charge is -2.69. The molecule has 4 aliphatic carbocycles. The molecule has 4 fully saturated rings. The van der Waals surface area contributed by atoms with Crippen LogP contribution in [0.1, 0.15) is 38.5 Å². The van der Waals surface area contributed by atoms with E-state index in [1.165, 1.54) is 38.5 Å². The predicted octanol–water partition coefficient (Wildman–Crippen LogP) is 5.06. The van der Waals surface area contributed by atoms with Gasteiger partial charge in [-0.25, -0.2) is 0 Å². The molecule has 0 nitrogen and oxygen atoms in total. The van der Waals surface area contributed by atoms with E-state index in [9.17, 15) is 0 Å². The first kappa shape index (κ1) is 12.0. The van der Waals surface area contributed by atoms with Crippen molar-refractivity contribution in [2.45, 2.75) is 38.5 Å². The van der Waals surface area contributed by atoms with Crippen molar-refractivity contribution < 1.29 is 0 Å². The summed E-state index contributed by atoms with van der Waals surface area (Å²) in [5.74, 6) is 0. The van der Waals surface area contributed by atoms with Crippen molar-refractivity contribution >= 4 is 0 Å². The first-order valence-corrected chi connectivity index (χ1v) is 7.03. The highest BCUT2D eigenvalue weighted by molar-refractivity contribution is 5.29. The van der Waals surface area contributed by atoms with Crippen LogP contribution in [0.4, 0.5) is 0 Å². The van der Waals surface area contributed by atoms with Crippen molar-refractivity contribution in [2.75, 3.05) is 0 Å². The number of hydrogen-bond donors (Lipinski definition) is 0. The first-order chi connectivity index (χ1) is 8.49. The Morgan fingerprint density at radius 1 is 0.444 bits per heavy atom. The van der Waals surface area contributed by atoms with Crippen LogP contribution in [0.15, 0.2) is 50.6 Å². The molecule has 4 bridgehead atoms. The molecule has 4 saturated carbocycles. The third kappa shape index (κ3) is 1.32. The van der Waals surface area contributed by atoms with Crippen LogP contribution in [0.3, 0.4) is 0 Å². The van der Waals surface area contributed by atoms with Gasteiger partial charge in [0, 0.05) is 0 Å². The molecule has 0 aromatic heterocycles. The third-order valence-corrected chi connectivity index (χ3v) is 5.96. The lowest BCUT2D eigenvalue weighted by molar-refractivity contribution is -0.129. The molecular weight excluding hydrogens is 216 g/mol. The van der Waals surface area contributed by atoms with Crippen molar-refractivity contribution in [1.29, 1.82) is 0 Å².